The van der Waals surface area contributed by atoms with Crippen LogP contribution in [-0.4, -0.2) is 11.9 Å². The summed E-state index contributed by atoms with van der Waals surface area (Å²) in [7, 11) is 0. The van der Waals surface area contributed by atoms with Crippen molar-refractivity contribution in [3.05, 3.63) is 35.6 Å². The van der Waals surface area contributed by atoms with Crippen LogP contribution in [0.3, 0.4) is 0 Å². The van der Waals surface area contributed by atoms with E-state index in [-0.39, 0.29) is 17.8 Å². The topological polar surface area (TPSA) is 55.1 Å². The van der Waals surface area contributed by atoms with E-state index in [2.05, 4.69) is 5.32 Å². The monoisotopic (exact) mass is 252 g/mol. The standard InChI is InChI=1S/C14H21FN2O/c1-9(2)8-13(16)14(18)17-10(3)11-4-6-12(15)7-5-11/h4-7,9-10,13H,8,16H2,1-3H3,(H,17,18)/t10-,13-/m1/s1. The SMILES string of the molecule is CC(C)C[C@@H](N)C(=O)N[C@H](C)c1ccc(F)cc1. The number of amides is 1. The van der Waals surface area contributed by atoms with Crippen LogP contribution < -0.4 is 11.1 Å². The molecule has 0 saturated carbocycles. The number of nitrogens with two attached hydrogens (primary N) is 1. The van der Waals surface area contributed by atoms with Crippen molar-refractivity contribution in [2.45, 2.75) is 39.3 Å². The molecule has 1 aromatic rings. The molecule has 0 fully saturated rings. The van der Waals surface area contributed by atoms with E-state index < -0.39 is 6.04 Å². The number of halogens is 1. The van der Waals surface area contributed by atoms with Crippen molar-refractivity contribution >= 4 is 5.91 Å². The lowest BCUT2D eigenvalue weighted by molar-refractivity contribution is -0.123. The van der Waals surface area contributed by atoms with Gasteiger partial charge in [0.05, 0.1) is 12.1 Å². The molecule has 3 nitrogen and oxygen atoms in total. The van der Waals surface area contributed by atoms with Crippen molar-refractivity contribution in [2.24, 2.45) is 11.7 Å². The largest absolute Gasteiger partial charge is 0.348 e. The van der Waals surface area contributed by atoms with Gasteiger partial charge in [-0.25, -0.2) is 4.39 Å². The molecule has 0 radical (unpaired) electrons. The van der Waals surface area contributed by atoms with Crippen molar-refractivity contribution < 1.29 is 9.18 Å². The zero-order chi connectivity index (χ0) is 13.7. The van der Waals surface area contributed by atoms with Gasteiger partial charge in [-0.05, 0) is 37.0 Å². The summed E-state index contributed by atoms with van der Waals surface area (Å²) in [5.41, 5.74) is 6.66. The highest BCUT2D eigenvalue weighted by molar-refractivity contribution is 5.81. The molecule has 0 spiro atoms. The highest BCUT2D eigenvalue weighted by Gasteiger charge is 2.17. The minimum Gasteiger partial charge on any atom is -0.348 e. The van der Waals surface area contributed by atoms with Crippen molar-refractivity contribution in [3.63, 3.8) is 0 Å². The third-order valence-corrected chi connectivity index (χ3v) is 2.79. The summed E-state index contributed by atoms with van der Waals surface area (Å²) >= 11 is 0. The normalized spacial score (nSPS) is 14.3. The predicted octanol–water partition coefficient (Wildman–Crippen LogP) is 2.38. The Morgan fingerprint density at radius 1 is 1.28 bits per heavy atom. The Morgan fingerprint density at radius 2 is 1.83 bits per heavy atom. The van der Waals surface area contributed by atoms with Crippen LogP contribution in [0.15, 0.2) is 24.3 Å². The molecule has 0 heterocycles. The number of hydrogen-bond donors (Lipinski definition) is 2. The molecule has 1 rings (SSSR count). The van der Waals surface area contributed by atoms with Crippen LogP contribution in [0.1, 0.15) is 38.8 Å². The van der Waals surface area contributed by atoms with Gasteiger partial charge in [-0.3, -0.25) is 4.79 Å². The van der Waals surface area contributed by atoms with Gasteiger partial charge >= 0.3 is 0 Å². The fourth-order valence-electron chi connectivity index (χ4n) is 1.77. The van der Waals surface area contributed by atoms with Gasteiger partial charge in [-0.15, -0.1) is 0 Å². The minimum absolute atomic E-state index is 0.166. The van der Waals surface area contributed by atoms with E-state index in [1.54, 1.807) is 12.1 Å². The van der Waals surface area contributed by atoms with Crippen LogP contribution in [0.25, 0.3) is 0 Å². The maximum absolute atomic E-state index is 12.8. The first-order chi connectivity index (χ1) is 8.40. The third kappa shape index (κ3) is 4.45. The molecule has 1 aromatic carbocycles. The van der Waals surface area contributed by atoms with Crippen LogP contribution >= 0.6 is 0 Å². The molecule has 100 valence electrons. The first-order valence-corrected chi connectivity index (χ1v) is 6.21. The van der Waals surface area contributed by atoms with Crippen LogP contribution in [-0.2, 0) is 4.79 Å². The number of rotatable bonds is 5. The molecular weight excluding hydrogens is 231 g/mol. The molecule has 0 saturated heterocycles. The zero-order valence-corrected chi connectivity index (χ0v) is 11.1. The van der Waals surface area contributed by atoms with Crippen LogP contribution in [0.5, 0.6) is 0 Å². The van der Waals surface area contributed by atoms with Crippen LogP contribution in [0, 0.1) is 11.7 Å². The Bertz CT molecular complexity index is 389. The second-order valence-corrected chi connectivity index (χ2v) is 5.02. The molecule has 4 heteroatoms. The fourth-order valence-corrected chi connectivity index (χ4v) is 1.77. The predicted molar refractivity (Wildman–Crippen MR) is 70.4 cm³/mol. The van der Waals surface area contributed by atoms with E-state index in [0.29, 0.717) is 12.3 Å². The van der Waals surface area contributed by atoms with Crippen molar-refractivity contribution in [2.75, 3.05) is 0 Å². The van der Waals surface area contributed by atoms with Gasteiger partial charge in [0.25, 0.3) is 0 Å². The maximum Gasteiger partial charge on any atom is 0.237 e. The number of benzene rings is 1. The molecule has 0 aromatic heterocycles. The van der Waals surface area contributed by atoms with E-state index in [9.17, 15) is 9.18 Å². The summed E-state index contributed by atoms with van der Waals surface area (Å²) in [4.78, 5) is 11.8. The molecule has 0 aliphatic rings. The third-order valence-electron chi connectivity index (χ3n) is 2.79. The lowest BCUT2D eigenvalue weighted by Crippen LogP contribution is -2.42. The number of nitrogens with one attached hydrogen (secondary N) is 1. The minimum atomic E-state index is -0.493. The summed E-state index contributed by atoms with van der Waals surface area (Å²) in [5, 5.41) is 2.83. The first-order valence-electron chi connectivity index (χ1n) is 6.21. The summed E-state index contributed by atoms with van der Waals surface area (Å²) in [6.45, 7) is 5.90. The van der Waals surface area contributed by atoms with Gasteiger partial charge in [0.15, 0.2) is 0 Å². The molecule has 0 unspecified atom stereocenters. The number of hydrogen-bond acceptors (Lipinski definition) is 2. The van der Waals surface area contributed by atoms with Gasteiger partial charge in [-0.2, -0.15) is 0 Å². The smallest absolute Gasteiger partial charge is 0.237 e. The molecule has 18 heavy (non-hydrogen) atoms. The van der Waals surface area contributed by atoms with Gasteiger partial charge in [-0.1, -0.05) is 26.0 Å². The second-order valence-electron chi connectivity index (χ2n) is 5.02. The Balaban J connectivity index is 2.56. The van der Waals surface area contributed by atoms with Gasteiger partial charge < -0.3 is 11.1 Å². The molecule has 0 bridgehead atoms. The molecule has 0 aliphatic heterocycles. The molecule has 3 N–H and O–H groups in total. The average Bonchev–Trinajstić information content (AvgIpc) is 2.28. The zero-order valence-electron chi connectivity index (χ0n) is 11.1. The molecule has 2 atom stereocenters. The van der Waals surface area contributed by atoms with E-state index in [4.69, 9.17) is 5.73 Å². The van der Waals surface area contributed by atoms with E-state index in [1.807, 2.05) is 20.8 Å². The van der Waals surface area contributed by atoms with Gasteiger partial charge in [0, 0.05) is 0 Å². The van der Waals surface area contributed by atoms with Crippen LogP contribution in [0.2, 0.25) is 0 Å². The maximum atomic E-state index is 12.8. The summed E-state index contributed by atoms with van der Waals surface area (Å²) in [6, 6.07) is 5.42. The Hall–Kier alpha value is -1.42. The summed E-state index contributed by atoms with van der Waals surface area (Å²) < 4.78 is 12.8. The van der Waals surface area contributed by atoms with Gasteiger partial charge in [0.2, 0.25) is 5.91 Å². The van der Waals surface area contributed by atoms with E-state index in [0.717, 1.165) is 5.56 Å². The summed E-state index contributed by atoms with van der Waals surface area (Å²) in [5.74, 6) is -0.0683. The Morgan fingerprint density at radius 3 is 2.33 bits per heavy atom. The lowest BCUT2D eigenvalue weighted by atomic mass is 10.0. The average molecular weight is 252 g/mol. The highest BCUT2D eigenvalue weighted by Crippen LogP contribution is 2.13. The Kier molecular flexibility index (Phi) is 5.28. The Labute approximate surface area is 108 Å². The quantitative estimate of drug-likeness (QED) is 0.845. The van der Waals surface area contributed by atoms with E-state index >= 15 is 0 Å². The van der Waals surface area contributed by atoms with Crippen molar-refractivity contribution in [1.82, 2.24) is 5.32 Å². The molecular formula is C14H21FN2O. The second kappa shape index (κ2) is 6.50. The van der Waals surface area contributed by atoms with E-state index in [1.165, 1.54) is 12.1 Å². The highest BCUT2D eigenvalue weighted by atomic mass is 19.1. The van der Waals surface area contributed by atoms with Crippen LogP contribution in [0.4, 0.5) is 4.39 Å². The fraction of sp³-hybridized carbons (Fsp3) is 0.500. The molecule has 1 amide bonds. The van der Waals surface area contributed by atoms with Crippen molar-refractivity contribution in [3.8, 4) is 0 Å². The first kappa shape index (κ1) is 14.6. The lowest BCUT2D eigenvalue weighted by Gasteiger charge is -2.19. The van der Waals surface area contributed by atoms with Crippen molar-refractivity contribution in [1.29, 1.82) is 0 Å². The number of carbonyl (C=O) groups is 1. The number of carbonyl (C=O) groups excluding carboxylic acids is 1. The van der Waals surface area contributed by atoms with Gasteiger partial charge in [0.1, 0.15) is 5.82 Å². The molecule has 0 aliphatic carbocycles. The summed E-state index contributed by atoms with van der Waals surface area (Å²) in [6.07, 6.45) is 0.655.